The smallest absolute Gasteiger partial charge is 0.330 e. The van der Waals surface area contributed by atoms with Crippen LogP contribution in [-0.4, -0.2) is 75.4 Å². The normalized spacial score (nSPS) is 19.4. The molecule has 7 rings (SSSR count). The maximum atomic E-state index is 11.1. The SMILES string of the molecule is C=CC(=O)OCCCCOc1ccc(C(C)=O)cc1.C=CC(=O)OCCCCOc1ccc(C(C)=O)cc1.C[C@@H]1CO[C@H]2[C@@H]1OC[C@@H]2C.Cc1cc(C)c2c(c1)O[C@H](c1ccc(C)c(C)c1)[C@@H](C)C2. The highest BCUT2D eigenvalue weighted by atomic mass is 16.6. The van der Waals surface area contributed by atoms with E-state index in [1.165, 1.54) is 47.2 Å². The van der Waals surface area contributed by atoms with Crippen molar-refractivity contribution in [1.29, 1.82) is 0 Å². The summed E-state index contributed by atoms with van der Waals surface area (Å²) in [5, 5.41) is 0. The fourth-order valence-electron chi connectivity index (χ4n) is 8.05. The average Bonchev–Trinajstić information content (AvgIpc) is 3.91. The molecule has 4 aromatic carbocycles. The number of ketones is 2. The van der Waals surface area contributed by atoms with Crippen LogP contribution in [0, 0.1) is 45.4 Å². The van der Waals surface area contributed by atoms with Crippen LogP contribution in [0.2, 0.25) is 0 Å². The fourth-order valence-corrected chi connectivity index (χ4v) is 8.05. The number of ether oxygens (including phenoxy) is 7. The summed E-state index contributed by atoms with van der Waals surface area (Å²) in [4.78, 5) is 43.7. The maximum Gasteiger partial charge on any atom is 0.330 e. The lowest BCUT2D eigenvalue weighted by molar-refractivity contribution is -0.138. The van der Waals surface area contributed by atoms with Crippen LogP contribution < -0.4 is 14.2 Å². The second-order valence-electron chi connectivity index (χ2n) is 18.2. The molecule has 3 aliphatic heterocycles. The number of hydrogen-bond acceptors (Lipinski definition) is 11. The van der Waals surface area contributed by atoms with Crippen molar-refractivity contribution >= 4 is 23.5 Å². The van der Waals surface area contributed by atoms with E-state index >= 15 is 0 Å². The first-order valence-corrected chi connectivity index (χ1v) is 24.1. The van der Waals surface area contributed by atoms with Gasteiger partial charge in [0.05, 0.1) is 51.8 Å². The molecule has 0 N–H and O–H groups in total. The largest absolute Gasteiger partial charge is 0.494 e. The second kappa shape index (κ2) is 28.5. The van der Waals surface area contributed by atoms with Gasteiger partial charge in [0.25, 0.3) is 0 Å². The highest BCUT2D eigenvalue weighted by Crippen LogP contribution is 2.41. The van der Waals surface area contributed by atoms with E-state index in [9.17, 15) is 19.2 Å². The minimum Gasteiger partial charge on any atom is -0.494 e. The molecule has 0 aliphatic carbocycles. The van der Waals surface area contributed by atoms with E-state index in [4.69, 9.17) is 33.2 Å². The van der Waals surface area contributed by atoms with Crippen LogP contribution in [0.25, 0.3) is 0 Å². The Hall–Kier alpha value is -6.04. The fraction of sp³-hybridized carbons (Fsp3) is 0.448. The van der Waals surface area contributed by atoms with Gasteiger partial charge in [-0.15, -0.1) is 0 Å². The number of esters is 2. The number of rotatable bonds is 17. The molecule has 0 unspecified atom stereocenters. The number of carbonyl (C=O) groups is 4. The van der Waals surface area contributed by atoms with Crippen LogP contribution in [0.5, 0.6) is 17.2 Å². The molecule has 0 amide bonds. The van der Waals surface area contributed by atoms with Crippen molar-refractivity contribution in [1.82, 2.24) is 0 Å². The van der Waals surface area contributed by atoms with E-state index < -0.39 is 11.9 Å². The highest BCUT2D eigenvalue weighted by molar-refractivity contribution is 5.94. The molecular weight excluding hydrogens is 873 g/mol. The first-order valence-electron chi connectivity index (χ1n) is 24.1. The molecule has 0 radical (unpaired) electrons. The molecule has 0 aromatic heterocycles. The molecule has 0 saturated carbocycles. The molecule has 0 spiro atoms. The van der Waals surface area contributed by atoms with Crippen LogP contribution in [0.1, 0.15) is 121 Å². The predicted octanol–water partition coefficient (Wildman–Crippen LogP) is 11.8. The summed E-state index contributed by atoms with van der Waals surface area (Å²) >= 11 is 0. The molecule has 0 bridgehead atoms. The van der Waals surface area contributed by atoms with E-state index in [-0.39, 0.29) is 17.7 Å². The first-order chi connectivity index (χ1) is 33.0. The minimum absolute atomic E-state index is 0.0376. The van der Waals surface area contributed by atoms with Crippen LogP contribution in [-0.2, 0) is 35.0 Å². The third-order valence-corrected chi connectivity index (χ3v) is 12.2. The van der Waals surface area contributed by atoms with Crippen LogP contribution >= 0.6 is 0 Å². The monoisotopic (exact) mass is 947 g/mol. The Labute approximate surface area is 410 Å². The molecule has 3 heterocycles. The van der Waals surface area contributed by atoms with E-state index in [1.807, 2.05) is 0 Å². The Morgan fingerprint density at radius 1 is 0.580 bits per heavy atom. The number of carbonyl (C=O) groups excluding carboxylic acids is 4. The van der Waals surface area contributed by atoms with Crippen LogP contribution in [0.3, 0.4) is 0 Å². The molecule has 3 aliphatic rings. The van der Waals surface area contributed by atoms with Gasteiger partial charge in [0.1, 0.15) is 23.4 Å². The van der Waals surface area contributed by atoms with Gasteiger partial charge >= 0.3 is 11.9 Å². The Bertz CT molecular complexity index is 2200. The van der Waals surface area contributed by atoms with Gasteiger partial charge in [0.15, 0.2) is 11.6 Å². The second-order valence-corrected chi connectivity index (χ2v) is 18.2. The lowest BCUT2D eigenvalue weighted by Crippen LogP contribution is -2.24. The number of hydrogen-bond donors (Lipinski definition) is 0. The summed E-state index contributed by atoms with van der Waals surface area (Å²) in [7, 11) is 0. The summed E-state index contributed by atoms with van der Waals surface area (Å²) in [5.41, 5.74) is 9.34. The Morgan fingerprint density at radius 2 is 1.04 bits per heavy atom. The van der Waals surface area contributed by atoms with Gasteiger partial charge in [0.2, 0.25) is 0 Å². The molecule has 2 fully saturated rings. The number of fused-ring (bicyclic) bond motifs is 2. The lowest BCUT2D eigenvalue weighted by atomic mass is 9.85. The summed E-state index contributed by atoms with van der Waals surface area (Å²) in [6.07, 6.45) is 7.41. The summed E-state index contributed by atoms with van der Waals surface area (Å²) in [6.45, 7) is 28.6. The van der Waals surface area contributed by atoms with Crippen molar-refractivity contribution in [2.24, 2.45) is 17.8 Å². The van der Waals surface area contributed by atoms with Crippen LogP contribution in [0.4, 0.5) is 0 Å². The third kappa shape index (κ3) is 18.1. The van der Waals surface area contributed by atoms with Gasteiger partial charge < -0.3 is 33.2 Å². The topological polar surface area (TPSA) is 133 Å². The molecule has 6 atom stereocenters. The highest BCUT2D eigenvalue weighted by Gasteiger charge is 2.43. The number of aryl methyl sites for hydroxylation is 4. The van der Waals surface area contributed by atoms with Gasteiger partial charge in [-0.3, -0.25) is 9.59 Å². The van der Waals surface area contributed by atoms with E-state index in [0.29, 0.717) is 67.5 Å². The van der Waals surface area contributed by atoms with Gasteiger partial charge in [-0.2, -0.15) is 0 Å². The molecule has 69 heavy (non-hydrogen) atoms. The standard InChI is InChI=1S/C20H24O.2C15H18O4.C8H14O2/c1-12-8-15(4)18-11-16(5)20(21-19(18)9-12)17-7-6-13(2)14(3)10-17;2*1-3-15(17)19-11-5-4-10-18-14-8-6-13(7-9-14)12(2)16;1-5-3-9-8-6(2)4-10-7(5)8/h6-10,16,20H,11H2,1-5H3;2*3,6-9H,1,4-5,10-11H2,2H3;5-8H,3-4H2,1-2H3/t16-,20-;;;5-,6+,7-,8-/m0..1/s1. The van der Waals surface area contributed by atoms with Crippen molar-refractivity contribution in [2.75, 3.05) is 39.6 Å². The molecular formula is C58H74O11. The van der Waals surface area contributed by atoms with E-state index in [0.717, 1.165) is 74.7 Å². The van der Waals surface area contributed by atoms with Crippen molar-refractivity contribution in [3.05, 3.63) is 149 Å². The maximum absolute atomic E-state index is 11.1. The Kier molecular flexibility index (Phi) is 22.9. The molecule has 372 valence electrons. The number of unbranched alkanes of at least 4 members (excludes halogenated alkanes) is 2. The summed E-state index contributed by atoms with van der Waals surface area (Å²) in [6, 6.07) is 25.2. The van der Waals surface area contributed by atoms with Crippen molar-refractivity contribution < 1.29 is 52.3 Å². The van der Waals surface area contributed by atoms with Crippen molar-refractivity contribution in [3.8, 4) is 17.2 Å². The minimum atomic E-state index is -0.402. The van der Waals surface area contributed by atoms with Gasteiger partial charge in [0, 0.05) is 41.0 Å². The molecule has 11 heteroatoms. The van der Waals surface area contributed by atoms with Crippen molar-refractivity contribution in [3.63, 3.8) is 0 Å². The first kappa shape index (κ1) is 55.6. The summed E-state index contributed by atoms with van der Waals surface area (Å²) in [5.74, 6) is 3.52. The zero-order valence-corrected chi connectivity index (χ0v) is 42.3. The van der Waals surface area contributed by atoms with Gasteiger partial charge in [-0.25, -0.2) is 9.59 Å². The molecule has 2 saturated heterocycles. The lowest BCUT2D eigenvalue weighted by Gasteiger charge is -2.33. The summed E-state index contributed by atoms with van der Waals surface area (Å²) < 4.78 is 38.2. The van der Waals surface area contributed by atoms with Crippen LogP contribution in [0.15, 0.2) is 104 Å². The van der Waals surface area contributed by atoms with Crippen molar-refractivity contribution in [2.45, 2.75) is 113 Å². The van der Waals surface area contributed by atoms with Gasteiger partial charge in [-0.1, -0.05) is 58.2 Å². The zero-order valence-electron chi connectivity index (χ0n) is 42.3. The number of Topliss-reactive ketones (excluding diaryl/α,β-unsaturated/α-hetero) is 2. The molecule has 4 aromatic rings. The van der Waals surface area contributed by atoms with E-state index in [1.54, 1.807) is 48.5 Å². The quantitative estimate of drug-likeness (QED) is 0.0433. The van der Waals surface area contributed by atoms with Gasteiger partial charge in [-0.05, 0) is 162 Å². The third-order valence-electron chi connectivity index (χ3n) is 12.2. The Morgan fingerprint density at radius 3 is 1.48 bits per heavy atom. The predicted molar refractivity (Wildman–Crippen MR) is 271 cm³/mol. The average molecular weight is 947 g/mol. The number of benzene rings is 4. The zero-order chi connectivity index (χ0) is 50.5. The molecule has 11 nitrogen and oxygen atoms in total. The van der Waals surface area contributed by atoms with E-state index in [2.05, 4.69) is 92.0 Å². The Balaban J connectivity index is 0.000000205.